The van der Waals surface area contributed by atoms with E-state index in [0.717, 1.165) is 32.8 Å². The minimum absolute atomic E-state index is 0.0645. The second-order valence-corrected chi connectivity index (χ2v) is 8.56. The molecule has 11 heteroatoms. The third-order valence-electron chi connectivity index (χ3n) is 5.42. The first-order valence-electron chi connectivity index (χ1n) is 11.2. The number of rotatable bonds is 8. The van der Waals surface area contributed by atoms with Gasteiger partial charge in [0.1, 0.15) is 35.9 Å². The number of benzene rings is 1. The smallest absolute Gasteiger partial charge is 0.262 e. The lowest BCUT2D eigenvalue weighted by molar-refractivity contribution is 0.0322. The third kappa shape index (κ3) is 4.89. The molecule has 1 aromatic carbocycles. The summed E-state index contributed by atoms with van der Waals surface area (Å²) >= 11 is 6.41. The van der Waals surface area contributed by atoms with Crippen LogP contribution >= 0.6 is 11.6 Å². The maximum absolute atomic E-state index is 6.41. The van der Waals surface area contributed by atoms with Crippen LogP contribution < -0.4 is 24.3 Å². The van der Waals surface area contributed by atoms with Crippen molar-refractivity contribution >= 4 is 34.0 Å². The van der Waals surface area contributed by atoms with Gasteiger partial charge in [-0.2, -0.15) is 0 Å². The number of nitrogens with one attached hydrogen (secondary N) is 1. The highest BCUT2D eigenvalue weighted by Gasteiger charge is 2.24. The Morgan fingerprint density at radius 3 is 2.82 bits per heavy atom. The molecule has 1 saturated heterocycles. The molecule has 180 valence electrons. The molecule has 1 N–H and O–H groups in total. The summed E-state index contributed by atoms with van der Waals surface area (Å²) in [5.74, 6) is 2.62. The molecule has 0 bridgehead atoms. The van der Waals surface area contributed by atoms with E-state index in [1.807, 2.05) is 26.0 Å². The van der Waals surface area contributed by atoms with Crippen molar-refractivity contribution in [3.8, 4) is 23.1 Å². The van der Waals surface area contributed by atoms with Crippen LogP contribution in [0.4, 0.5) is 11.5 Å². The lowest BCUT2D eigenvalue weighted by atomic mass is 10.2. The summed E-state index contributed by atoms with van der Waals surface area (Å²) in [6.07, 6.45) is 2.92. The van der Waals surface area contributed by atoms with E-state index in [1.54, 1.807) is 0 Å². The number of fused-ring (bicyclic) bond motifs is 2. The standard InChI is InChI=1S/C23H26ClN5O5/c1-14(2)34-18-10-15(31-8-5-29-3-6-30-7-4-29)9-17-19(18)22(27-12-26-17)28-20-16(24)11-25-23-21(20)32-13-33-23/h9-12,14H,3-8,13H2,1-2H3,(H,25,26,27,28). The van der Waals surface area contributed by atoms with Crippen LogP contribution in [0.3, 0.4) is 0 Å². The number of morpholine rings is 1. The molecular weight excluding hydrogens is 462 g/mol. The van der Waals surface area contributed by atoms with Crippen molar-refractivity contribution in [2.75, 3.05) is 51.6 Å². The average molecular weight is 488 g/mol. The Balaban J connectivity index is 1.45. The largest absolute Gasteiger partial charge is 0.492 e. The average Bonchev–Trinajstić information content (AvgIpc) is 3.30. The Morgan fingerprint density at radius 1 is 1.15 bits per heavy atom. The van der Waals surface area contributed by atoms with E-state index in [-0.39, 0.29) is 12.9 Å². The summed E-state index contributed by atoms with van der Waals surface area (Å²) in [6.45, 7) is 8.74. The Bertz CT molecular complexity index is 1170. The first-order chi connectivity index (χ1) is 16.6. The topological polar surface area (TPSA) is 100 Å². The molecule has 0 unspecified atom stereocenters. The Labute approximate surface area is 202 Å². The minimum Gasteiger partial charge on any atom is -0.492 e. The molecule has 2 aliphatic rings. The molecule has 0 spiro atoms. The molecule has 0 saturated carbocycles. The molecule has 10 nitrogen and oxygen atoms in total. The van der Waals surface area contributed by atoms with Gasteiger partial charge in [0.05, 0.1) is 41.4 Å². The van der Waals surface area contributed by atoms with E-state index < -0.39 is 0 Å². The molecule has 34 heavy (non-hydrogen) atoms. The number of aromatic nitrogens is 3. The predicted molar refractivity (Wildman–Crippen MR) is 127 cm³/mol. The molecule has 1 fully saturated rings. The number of nitrogens with zero attached hydrogens (tertiary/aromatic N) is 4. The van der Waals surface area contributed by atoms with Gasteiger partial charge in [0.2, 0.25) is 12.5 Å². The molecule has 2 aliphatic heterocycles. The molecule has 0 atom stereocenters. The van der Waals surface area contributed by atoms with Crippen LogP contribution in [-0.2, 0) is 4.74 Å². The van der Waals surface area contributed by atoms with Crippen LogP contribution in [0.25, 0.3) is 10.9 Å². The highest BCUT2D eigenvalue weighted by Crippen LogP contribution is 2.44. The van der Waals surface area contributed by atoms with Crippen LogP contribution in [-0.4, -0.2) is 72.2 Å². The van der Waals surface area contributed by atoms with Crippen molar-refractivity contribution < 1.29 is 23.7 Å². The van der Waals surface area contributed by atoms with Crippen LogP contribution in [0.1, 0.15) is 13.8 Å². The van der Waals surface area contributed by atoms with Gasteiger partial charge in [0, 0.05) is 31.8 Å². The molecule has 3 aromatic rings. The zero-order valence-electron chi connectivity index (χ0n) is 19.0. The third-order valence-corrected chi connectivity index (χ3v) is 5.70. The monoisotopic (exact) mass is 487 g/mol. The highest BCUT2D eigenvalue weighted by molar-refractivity contribution is 6.33. The van der Waals surface area contributed by atoms with E-state index in [1.165, 1.54) is 12.5 Å². The minimum atomic E-state index is -0.0645. The normalized spacial score (nSPS) is 15.6. The van der Waals surface area contributed by atoms with Crippen LogP contribution in [0.2, 0.25) is 5.02 Å². The Kier molecular flexibility index (Phi) is 6.70. The van der Waals surface area contributed by atoms with Gasteiger partial charge in [0.15, 0.2) is 0 Å². The van der Waals surface area contributed by atoms with Crippen molar-refractivity contribution in [2.45, 2.75) is 20.0 Å². The first-order valence-corrected chi connectivity index (χ1v) is 11.6. The second-order valence-electron chi connectivity index (χ2n) is 8.15. The fourth-order valence-corrected chi connectivity index (χ4v) is 4.02. The van der Waals surface area contributed by atoms with E-state index >= 15 is 0 Å². The molecule has 0 radical (unpaired) electrons. The zero-order chi connectivity index (χ0) is 23.5. The van der Waals surface area contributed by atoms with Gasteiger partial charge in [-0.15, -0.1) is 0 Å². The number of hydrogen-bond acceptors (Lipinski definition) is 10. The van der Waals surface area contributed by atoms with Crippen molar-refractivity contribution in [2.24, 2.45) is 0 Å². The molecule has 0 aliphatic carbocycles. The van der Waals surface area contributed by atoms with E-state index in [2.05, 4.69) is 25.2 Å². The summed E-state index contributed by atoms with van der Waals surface area (Å²) in [5, 5.41) is 4.35. The lowest BCUT2D eigenvalue weighted by Crippen LogP contribution is -2.38. The van der Waals surface area contributed by atoms with E-state index in [9.17, 15) is 0 Å². The SMILES string of the molecule is CC(C)Oc1cc(OCCN2CCOCC2)cc2ncnc(Nc3c(Cl)cnc4c3OCO4)c12. The lowest BCUT2D eigenvalue weighted by Gasteiger charge is -2.26. The van der Waals surface area contributed by atoms with Crippen molar-refractivity contribution in [3.05, 3.63) is 29.7 Å². The highest BCUT2D eigenvalue weighted by atomic mass is 35.5. The van der Waals surface area contributed by atoms with Gasteiger partial charge in [-0.1, -0.05) is 11.6 Å². The number of ether oxygens (including phenoxy) is 5. The van der Waals surface area contributed by atoms with E-state index in [0.29, 0.717) is 57.2 Å². The van der Waals surface area contributed by atoms with Gasteiger partial charge in [-0.25, -0.2) is 15.0 Å². The van der Waals surface area contributed by atoms with Gasteiger partial charge in [-0.05, 0) is 13.8 Å². The summed E-state index contributed by atoms with van der Waals surface area (Å²) in [4.78, 5) is 15.4. The Hall–Kier alpha value is -3.08. The number of pyridine rings is 1. The fraction of sp³-hybridized carbons (Fsp3) is 0.435. The fourth-order valence-electron chi connectivity index (χ4n) is 3.84. The molecular formula is C23H26ClN5O5. The second kappa shape index (κ2) is 10.0. The number of halogens is 1. The van der Waals surface area contributed by atoms with Gasteiger partial charge < -0.3 is 29.0 Å². The molecule has 5 rings (SSSR count). The quantitative estimate of drug-likeness (QED) is 0.506. The summed E-state index contributed by atoms with van der Waals surface area (Å²) < 4.78 is 28.6. The van der Waals surface area contributed by atoms with Gasteiger partial charge in [-0.3, -0.25) is 4.90 Å². The predicted octanol–water partition coefficient (Wildman–Crippen LogP) is 3.65. The van der Waals surface area contributed by atoms with Crippen molar-refractivity contribution in [1.29, 1.82) is 0 Å². The molecule has 0 amide bonds. The van der Waals surface area contributed by atoms with Crippen LogP contribution in [0, 0.1) is 0 Å². The molecule has 2 aromatic heterocycles. The maximum atomic E-state index is 6.41. The van der Waals surface area contributed by atoms with Crippen LogP contribution in [0.15, 0.2) is 24.7 Å². The van der Waals surface area contributed by atoms with E-state index in [4.69, 9.17) is 35.3 Å². The number of anilines is 2. The number of hydrogen-bond donors (Lipinski definition) is 1. The zero-order valence-corrected chi connectivity index (χ0v) is 19.8. The van der Waals surface area contributed by atoms with Gasteiger partial charge in [0.25, 0.3) is 5.88 Å². The summed E-state index contributed by atoms with van der Waals surface area (Å²) in [7, 11) is 0. The summed E-state index contributed by atoms with van der Waals surface area (Å²) in [6, 6.07) is 3.75. The summed E-state index contributed by atoms with van der Waals surface area (Å²) in [5.41, 5.74) is 1.20. The first kappa shape index (κ1) is 22.7. The maximum Gasteiger partial charge on any atom is 0.262 e. The van der Waals surface area contributed by atoms with Crippen molar-refractivity contribution in [1.82, 2.24) is 19.9 Å². The van der Waals surface area contributed by atoms with Crippen molar-refractivity contribution in [3.63, 3.8) is 0 Å². The Morgan fingerprint density at radius 2 is 2.00 bits per heavy atom. The van der Waals surface area contributed by atoms with Gasteiger partial charge >= 0.3 is 0 Å². The molecule has 4 heterocycles. The van der Waals surface area contributed by atoms with Crippen LogP contribution in [0.5, 0.6) is 23.1 Å².